The molecule has 0 saturated carbocycles. The van der Waals surface area contributed by atoms with Crippen molar-refractivity contribution < 1.29 is 19.0 Å². The zero-order valence-corrected chi connectivity index (χ0v) is 18.5. The quantitative estimate of drug-likeness (QED) is 0.348. The van der Waals surface area contributed by atoms with Gasteiger partial charge in [-0.1, -0.05) is 48.5 Å². The monoisotopic (exact) mass is 452 g/mol. The van der Waals surface area contributed by atoms with Crippen LogP contribution in [0.4, 0.5) is 0 Å². The number of nitrogens with one attached hydrogen (secondary N) is 1. The fraction of sp³-hybridized carbons (Fsp3) is 0.115. The summed E-state index contributed by atoms with van der Waals surface area (Å²) >= 11 is 0. The van der Waals surface area contributed by atoms with Crippen LogP contribution in [0.2, 0.25) is 0 Å². The van der Waals surface area contributed by atoms with Gasteiger partial charge in [0.1, 0.15) is 11.6 Å². The van der Waals surface area contributed by atoms with Crippen molar-refractivity contribution in [3.05, 3.63) is 83.2 Å². The summed E-state index contributed by atoms with van der Waals surface area (Å²) in [6, 6.07) is 21.3. The van der Waals surface area contributed by atoms with Crippen LogP contribution < -0.4 is 19.9 Å². The van der Waals surface area contributed by atoms with Gasteiger partial charge in [0.25, 0.3) is 0 Å². The molecule has 1 unspecified atom stereocenters. The predicted molar refractivity (Wildman–Crippen MR) is 125 cm³/mol. The van der Waals surface area contributed by atoms with Crippen molar-refractivity contribution in [1.82, 2.24) is 10.2 Å². The molecule has 168 valence electrons. The molecule has 1 aliphatic rings. The zero-order valence-electron chi connectivity index (χ0n) is 18.5. The van der Waals surface area contributed by atoms with Gasteiger partial charge in [0.15, 0.2) is 11.5 Å². The number of methoxy groups -OCH3 is 1. The summed E-state index contributed by atoms with van der Waals surface area (Å²) in [5, 5.41) is 19.5. The molecule has 4 aromatic rings. The Morgan fingerprint density at radius 1 is 1.15 bits per heavy atom. The highest BCUT2D eigenvalue weighted by Crippen LogP contribution is 2.47. The Hall–Kier alpha value is -4.77. The Bertz CT molecular complexity index is 1510. The molecule has 0 spiro atoms. The Kier molecular flexibility index (Phi) is 5.15. The lowest BCUT2D eigenvalue weighted by molar-refractivity contribution is -0.132. The molecule has 0 aliphatic carbocycles. The van der Waals surface area contributed by atoms with E-state index in [0.717, 1.165) is 22.0 Å². The molecule has 1 atom stereocenters. The van der Waals surface area contributed by atoms with E-state index in [1.165, 1.54) is 14.0 Å². The van der Waals surface area contributed by atoms with Crippen molar-refractivity contribution in [3.63, 3.8) is 0 Å². The van der Waals surface area contributed by atoms with Gasteiger partial charge >= 0.3 is 5.97 Å². The van der Waals surface area contributed by atoms with Crippen molar-refractivity contribution >= 4 is 16.7 Å². The fourth-order valence-electron chi connectivity index (χ4n) is 4.33. The average Bonchev–Trinajstić information content (AvgIpc) is 3.25. The fourth-order valence-corrected chi connectivity index (χ4v) is 4.33. The highest BCUT2D eigenvalue weighted by atomic mass is 16.6. The van der Waals surface area contributed by atoms with Gasteiger partial charge in [-0.25, -0.2) is 0 Å². The molecule has 34 heavy (non-hydrogen) atoms. The van der Waals surface area contributed by atoms with E-state index < -0.39 is 11.9 Å². The number of esters is 1. The number of nitrogens with two attached hydrogens (primary N) is 1. The third-order valence-electron chi connectivity index (χ3n) is 5.77. The Labute approximate surface area is 195 Å². The molecule has 0 saturated heterocycles. The van der Waals surface area contributed by atoms with E-state index in [1.54, 1.807) is 18.2 Å². The first kappa shape index (κ1) is 21.1. The topological polar surface area (TPSA) is 123 Å². The summed E-state index contributed by atoms with van der Waals surface area (Å²) in [6.07, 6.45) is 0. The van der Waals surface area contributed by atoms with Gasteiger partial charge in [-0.3, -0.25) is 9.89 Å². The number of aromatic amines is 1. The van der Waals surface area contributed by atoms with Crippen molar-refractivity contribution in [2.75, 3.05) is 7.11 Å². The van der Waals surface area contributed by atoms with Crippen LogP contribution in [0.3, 0.4) is 0 Å². The summed E-state index contributed by atoms with van der Waals surface area (Å²) in [6.45, 7) is 1.32. The van der Waals surface area contributed by atoms with Crippen molar-refractivity contribution in [1.29, 1.82) is 5.26 Å². The van der Waals surface area contributed by atoms with Crippen molar-refractivity contribution in [3.8, 4) is 34.7 Å². The number of rotatable bonds is 4. The van der Waals surface area contributed by atoms with Crippen LogP contribution in [-0.4, -0.2) is 23.3 Å². The maximum atomic E-state index is 11.5. The smallest absolute Gasteiger partial charge is 0.308 e. The first-order valence-corrected chi connectivity index (χ1v) is 10.5. The number of aromatic nitrogens is 2. The van der Waals surface area contributed by atoms with Gasteiger partial charge in [-0.2, -0.15) is 5.26 Å². The number of H-pyrrole nitrogens is 1. The molecule has 0 amide bonds. The first-order chi connectivity index (χ1) is 16.5. The van der Waals surface area contributed by atoms with Crippen LogP contribution in [0.25, 0.3) is 22.0 Å². The molecule has 3 aromatic carbocycles. The third-order valence-corrected chi connectivity index (χ3v) is 5.77. The van der Waals surface area contributed by atoms with Crippen LogP contribution in [0.5, 0.6) is 17.4 Å². The Morgan fingerprint density at radius 3 is 2.71 bits per heavy atom. The number of nitriles is 1. The van der Waals surface area contributed by atoms with Gasteiger partial charge in [0.2, 0.25) is 11.8 Å². The normalized spacial score (nSPS) is 14.8. The summed E-state index contributed by atoms with van der Waals surface area (Å²) in [7, 11) is 1.48. The van der Waals surface area contributed by atoms with Crippen molar-refractivity contribution in [2.24, 2.45) is 5.73 Å². The Balaban J connectivity index is 1.73. The molecular weight excluding hydrogens is 432 g/mol. The highest BCUT2D eigenvalue weighted by molar-refractivity contribution is 5.97. The SMILES string of the molecule is COc1cc(C2C(C#N)=C(N)Oc3n[nH]c(-c4cccc5ccccc45)c32)ccc1OC(C)=O. The molecule has 1 aliphatic heterocycles. The number of carbonyl (C=O) groups is 1. The minimum Gasteiger partial charge on any atom is -0.493 e. The number of benzene rings is 3. The van der Waals surface area contributed by atoms with Crippen LogP contribution in [0, 0.1) is 11.3 Å². The number of ether oxygens (including phenoxy) is 3. The van der Waals surface area contributed by atoms with E-state index in [4.69, 9.17) is 19.9 Å². The number of allylic oxidation sites excluding steroid dienone is 1. The first-order valence-electron chi connectivity index (χ1n) is 10.5. The van der Waals surface area contributed by atoms with Crippen LogP contribution >= 0.6 is 0 Å². The molecular formula is C26H20N4O4. The second-order valence-corrected chi connectivity index (χ2v) is 7.77. The van der Waals surface area contributed by atoms with Crippen LogP contribution in [-0.2, 0) is 4.79 Å². The molecule has 1 aromatic heterocycles. The molecule has 0 bridgehead atoms. The van der Waals surface area contributed by atoms with Crippen LogP contribution in [0.15, 0.2) is 72.1 Å². The second kappa shape index (κ2) is 8.30. The van der Waals surface area contributed by atoms with Gasteiger partial charge in [0.05, 0.1) is 24.3 Å². The lowest BCUT2D eigenvalue weighted by Crippen LogP contribution is -2.21. The maximum Gasteiger partial charge on any atom is 0.308 e. The minimum atomic E-state index is -0.582. The predicted octanol–water partition coefficient (Wildman–Crippen LogP) is 4.38. The van der Waals surface area contributed by atoms with Crippen LogP contribution in [0.1, 0.15) is 24.0 Å². The summed E-state index contributed by atoms with van der Waals surface area (Å²) in [5.41, 5.74) is 9.40. The summed E-state index contributed by atoms with van der Waals surface area (Å²) in [4.78, 5) is 11.5. The van der Waals surface area contributed by atoms with E-state index in [1.807, 2.05) is 42.5 Å². The third kappa shape index (κ3) is 3.40. The van der Waals surface area contributed by atoms with E-state index in [2.05, 4.69) is 16.3 Å². The standard InChI is InChI=1S/C26H20N4O4/c1-14(31)33-20-11-10-16(12-21(20)32-2)22-19(13-27)25(28)34-26-23(22)24(29-30-26)18-9-5-7-15-6-3-4-8-17(15)18/h3-12,22H,28H2,1-2H3,(H,29,30). The number of nitrogens with zero attached hydrogens (tertiary/aromatic N) is 2. The zero-order chi connectivity index (χ0) is 23.8. The van der Waals surface area contributed by atoms with E-state index in [0.29, 0.717) is 22.8 Å². The number of fused-ring (bicyclic) bond motifs is 2. The van der Waals surface area contributed by atoms with Gasteiger partial charge in [-0.05, 0) is 28.5 Å². The van der Waals surface area contributed by atoms with E-state index in [9.17, 15) is 10.1 Å². The van der Waals surface area contributed by atoms with E-state index >= 15 is 0 Å². The lowest BCUT2D eigenvalue weighted by atomic mass is 9.82. The highest BCUT2D eigenvalue weighted by Gasteiger charge is 2.36. The molecule has 5 rings (SSSR count). The van der Waals surface area contributed by atoms with E-state index in [-0.39, 0.29) is 17.2 Å². The molecule has 3 N–H and O–H groups in total. The largest absolute Gasteiger partial charge is 0.493 e. The summed E-state index contributed by atoms with van der Waals surface area (Å²) in [5.74, 6) is -0.127. The van der Waals surface area contributed by atoms with Gasteiger partial charge in [-0.15, -0.1) is 5.10 Å². The number of hydrogen-bond donors (Lipinski definition) is 2. The minimum absolute atomic E-state index is 0.0148. The molecule has 8 nitrogen and oxygen atoms in total. The number of hydrogen-bond acceptors (Lipinski definition) is 7. The Morgan fingerprint density at radius 2 is 1.94 bits per heavy atom. The summed E-state index contributed by atoms with van der Waals surface area (Å²) < 4.78 is 16.4. The lowest BCUT2D eigenvalue weighted by Gasteiger charge is -2.25. The average molecular weight is 452 g/mol. The molecule has 0 fully saturated rings. The molecule has 0 radical (unpaired) electrons. The second-order valence-electron chi connectivity index (χ2n) is 7.77. The van der Waals surface area contributed by atoms with Gasteiger partial charge in [0, 0.05) is 12.5 Å². The molecule has 8 heteroatoms. The number of carbonyl (C=O) groups excluding carboxylic acids is 1. The maximum absolute atomic E-state index is 11.5. The molecule has 2 heterocycles. The van der Waals surface area contributed by atoms with Crippen molar-refractivity contribution in [2.45, 2.75) is 12.8 Å². The van der Waals surface area contributed by atoms with Gasteiger partial charge < -0.3 is 19.9 Å².